The Balaban J connectivity index is 1.35. The van der Waals surface area contributed by atoms with E-state index in [2.05, 4.69) is 47.1 Å². The molecule has 2 aromatic carbocycles. The van der Waals surface area contributed by atoms with Gasteiger partial charge >= 0.3 is 0 Å². The first-order chi connectivity index (χ1) is 14.7. The van der Waals surface area contributed by atoms with Crippen LogP contribution in [0.25, 0.3) is 0 Å². The van der Waals surface area contributed by atoms with Crippen LogP contribution in [0, 0.1) is 0 Å². The first-order valence-corrected chi connectivity index (χ1v) is 11.5. The van der Waals surface area contributed by atoms with Crippen LogP contribution in [-0.2, 0) is 24.2 Å². The van der Waals surface area contributed by atoms with Crippen LogP contribution in [-0.4, -0.2) is 26.1 Å². The van der Waals surface area contributed by atoms with Crippen molar-refractivity contribution in [2.24, 2.45) is 0 Å². The van der Waals surface area contributed by atoms with E-state index in [-0.39, 0.29) is 5.91 Å². The van der Waals surface area contributed by atoms with E-state index in [9.17, 15) is 4.79 Å². The van der Waals surface area contributed by atoms with Crippen LogP contribution >= 0.6 is 11.3 Å². The summed E-state index contributed by atoms with van der Waals surface area (Å²) >= 11 is 1.79. The number of carbonyl (C=O) groups is 1. The second-order valence-corrected chi connectivity index (χ2v) is 8.80. The first-order valence-electron chi connectivity index (χ1n) is 10.6. The third kappa shape index (κ3) is 5.10. The van der Waals surface area contributed by atoms with E-state index >= 15 is 0 Å². The van der Waals surface area contributed by atoms with E-state index in [0.717, 1.165) is 37.2 Å². The molecule has 1 amide bonds. The Morgan fingerprint density at radius 3 is 2.63 bits per heavy atom. The SMILES string of the molecule is COc1ccc(CCC(=O)NC[C@@H](c2cccs2)[NH+]2CCc3ccccc3C2)cc1. The average Bonchev–Trinajstić information content (AvgIpc) is 3.32. The van der Waals surface area contributed by atoms with E-state index in [0.29, 0.717) is 19.0 Å². The maximum Gasteiger partial charge on any atom is 0.220 e. The zero-order valence-corrected chi connectivity index (χ0v) is 18.2. The average molecular weight is 422 g/mol. The van der Waals surface area contributed by atoms with Crippen LogP contribution in [0.4, 0.5) is 0 Å². The summed E-state index contributed by atoms with van der Waals surface area (Å²) in [6.45, 7) is 2.79. The number of ether oxygens (including phenoxy) is 1. The number of quaternary nitrogens is 1. The number of rotatable bonds is 8. The van der Waals surface area contributed by atoms with Crippen LogP contribution in [0.3, 0.4) is 0 Å². The first kappa shape index (κ1) is 20.6. The van der Waals surface area contributed by atoms with Crippen molar-refractivity contribution in [2.45, 2.75) is 31.8 Å². The number of fused-ring (bicyclic) bond motifs is 1. The molecule has 30 heavy (non-hydrogen) atoms. The number of amides is 1. The zero-order chi connectivity index (χ0) is 20.8. The summed E-state index contributed by atoms with van der Waals surface area (Å²) < 4.78 is 5.19. The molecule has 0 bridgehead atoms. The molecule has 0 radical (unpaired) electrons. The molecule has 3 aromatic rings. The monoisotopic (exact) mass is 421 g/mol. The second kappa shape index (κ2) is 9.92. The molecule has 4 rings (SSSR count). The van der Waals surface area contributed by atoms with Gasteiger partial charge in [0.25, 0.3) is 0 Å². The predicted octanol–water partition coefficient (Wildman–Crippen LogP) is 3.19. The molecule has 0 saturated heterocycles. The van der Waals surface area contributed by atoms with Gasteiger partial charge in [0.2, 0.25) is 5.91 Å². The Kier molecular flexibility index (Phi) is 6.82. The summed E-state index contributed by atoms with van der Waals surface area (Å²) in [4.78, 5) is 15.4. The van der Waals surface area contributed by atoms with Crippen LogP contribution in [0.1, 0.15) is 34.0 Å². The number of hydrogen-bond acceptors (Lipinski definition) is 3. The van der Waals surface area contributed by atoms with E-state index in [1.165, 1.54) is 20.9 Å². The van der Waals surface area contributed by atoms with Gasteiger partial charge in [0.05, 0.1) is 25.1 Å². The van der Waals surface area contributed by atoms with E-state index in [1.807, 2.05) is 24.3 Å². The van der Waals surface area contributed by atoms with Crippen molar-refractivity contribution in [1.29, 1.82) is 0 Å². The van der Waals surface area contributed by atoms with Crippen molar-refractivity contribution in [3.8, 4) is 5.75 Å². The smallest absolute Gasteiger partial charge is 0.220 e. The molecule has 2 N–H and O–H groups in total. The summed E-state index contributed by atoms with van der Waals surface area (Å²) in [5, 5.41) is 5.34. The summed E-state index contributed by atoms with van der Waals surface area (Å²) in [6, 6.07) is 21.3. The molecule has 2 atom stereocenters. The Morgan fingerprint density at radius 2 is 1.90 bits per heavy atom. The highest BCUT2D eigenvalue weighted by Gasteiger charge is 2.29. The van der Waals surface area contributed by atoms with Crippen LogP contribution < -0.4 is 15.0 Å². The number of thiophene rings is 1. The normalized spacial score (nSPS) is 16.5. The number of methoxy groups -OCH3 is 1. The number of carbonyl (C=O) groups excluding carboxylic acids is 1. The standard InChI is InChI=1S/C25H28N2O2S/c1-29-22-11-8-19(9-12-22)10-13-25(28)26-17-23(24-7-4-16-30-24)27-15-14-20-5-2-3-6-21(20)18-27/h2-9,11-12,16,23H,10,13-15,17-18H2,1H3,(H,26,28)/p+1/t23-/m0/s1. The molecule has 5 heteroatoms. The number of hydrogen-bond donors (Lipinski definition) is 2. The van der Waals surface area contributed by atoms with Gasteiger partial charge in [-0.15, -0.1) is 11.3 Å². The second-order valence-electron chi connectivity index (χ2n) is 7.82. The van der Waals surface area contributed by atoms with Crippen molar-refractivity contribution in [2.75, 3.05) is 20.2 Å². The Hall–Kier alpha value is -2.63. The van der Waals surface area contributed by atoms with Crippen molar-refractivity contribution < 1.29 is 14.4 Å². The highest BCUT2D eigenvalue weighted by Crippen LogP contribution is 2.19. The van der Waals surface area contributed by atoms with Crippen molar-refractivity contribution in [3.63, 3.8) is 0 Å². The largest absolute Gasteiger partial charge is 0.497 e. The lowest BCUT2D eigenvalue weighted by atomic mass is 9.98. The number of aryl methyl sites for hydroxylation is 1. The van der Waals surface area contributed by atoms with E-state index in [1.54, 1.807) is 18.4 Å². The number of nitrogens with one attached hydrogen (secondary N) is 2. The Labute approximate surface area is 182 Å². The fourth-order valence-electron chi connectivity index (χ4n) is 4.19. The maximum absolute atomic E-state index is 12.6. The summed E-state index contributed by atoms with van der Waals surface area (Å²) in [5.74, 6) is 0.956. The molecule has 4 nitrogen and oxygen atoms in total. The minimum atomic E-state index is 0.115. The van der Waals surface area contributed by atoms with Gasteiger partial charge in [0.1, 0.15) is 18.3 Å². The zero-order valence-electron chi connectivity index (χ0n) is 17.4. The van der Waals surface area contributed by atoms with Gasteiger partial charge in [0, 0.05) is 18.4 Å². The molecule has 2 heterocycles. The van der Waals surface area contributed by atoms with Crippen molar-refractivity contribution >= 4 is 17.2 Å². The van der Waals surface area contributed by atoms with Gasteiger partial charge in [-0.2, -0.15) is 0 Å². The predicted molar refractivity (Wildman–Crippen MR) is 121 cm³/mol. The summed E-state index contributed by atoms with van der Waals surface area (Å²) in [7, 11) is 1.66. The van der Waals surface area contributed by atoms with Crippen LogP contribution in [0.5, 0.6) is 5.75 Å². The molecule has 0 saturated carbocycles. The highest BCUT2D eigenvalue weighted by atomic mass is 32.1. The summed E-state index contributed by atoms with van der Waals surface area (Å²) in [6.07, 6.45) is 2.34. The van der Waals surface area contributed by atoms with Crippen molar-refractivity contribution in [1.82, 2.24) is 5.32 Å². The minimum absolute atomic E-state index is 0.115. The summed E-state index contributed by atoms with van der Waals surface area (Å²) in [5.41, 5.74) is 4.06. The van der Waals surface area contributed by atoms with E-state index in [4.69, 9.17) is 4.74 Å². The Morgan fingerprint density at radius 1 is 1.10 bits per heavy atom. The van der Waals surface area contributed by atoms with Gasteiger partial charge in [-0.05, 0) is 41.1 Å². The van der Waals surface area contributed by atoms with Gasteiger partial charge in [-0.1, -0.05) is 42.5 Å². The molecule has 1 aromatic heterocycles. The quantitative estimate of drug-likeness (QED) is 0.587. The topological polar surface area (TPSA) is 42.8 Å². The molecule has 1 aliphatic rings. The van der Waals surface area contributed by atoms with Gasteiger partial charge in [-0.3, -0.25) is 4.79 Å². The van der Waals surface area contributed by atoms with Crippen molar-refractivity contribution in [3.05, 3.63) is 87.6 Å². The lowest BCUT2D eigenvalue weighted by Gasteiger charge is -2.32. The minimum Gasteiger partial charge on any atom is -0.497 e. The molecule has 156 valence electrons. The lowest BCUT2D eigenvalue weighted by molar-refractivity contribution is -0.945. The molecular weight excluding hydrogens is 392 g/mol. The molecule has 1 aliphatic heterocycles. The molecule has 0 fully saturated rings. The third-order valence-corrected chi connectivity index (χ3v) is 6.92. The number of benzene rings is 2. The molecule has 0 spiro atoms. The van der Waals surface area contributed by atoms with Crippen LogP contribution in [0.15, 0.2) is 66.0 Å². The van der Waals surface area contributed by atoms with Gasteiger partial charge in [0.15, 0.2) is 0 Å². The van der Waals surface area contributed by atoms with Gasteiger partial charge < -0.3 is 15.0 Å². The third-order valence-electron chi connectivity index (χ3n) is 5.93. The molecule has 1 unspecified atom stereocenters. The lowest BCUT2D eigenvalue weighted by Crippen LogP contribution is -3.12. The van der Waals surface area contributed by atoms with Gasteiger partial charge in [-0.25, -0.2) is 0 Å². The maximum atomic E-state index is 12.6. The fourth-order valence-corrected chi connectivity index (χ4v) is 5.08. The van der Waals surface area contributed by atoms with Crippen LogP contribution in [0.2, 0.25) is 0 Å². The highest BCUT2D eigenvalue weighted by molar-refractivity contribution is 7.10. The van der Waals surface area contributed by atoms with E-state index < -0.39 is 0 Å². The molecule has 0 aliphatic carbocycles. The Bertz CT molecular complexity index is 954. The fraction of sp³-hybridized carbons (Fsp3) is 0.320. The molecular formula is C25H29N2O2S+.